The molecule has 3 rings (SSSR count). The smallest absolute Gasteiger partial charge is 0.149 e. The fourth-order valence-corrected chi connectivity index (χ4v) is 3.58. The second-order valence-corrected chi connectivity index (χ2v) is 6.74. The third kappa shape index (κ3) is 2.89. The van der Waals surface area contributed by atoms with E-state index in [1.54, 1.807) is 0 Å². The summed E-state index contributed by atoms with van der Waals surface area (Å²) in [6.07, 6.45) is 7.27. The quantitative estimate of drug-likeness (QED) is 0.605. The number of fused-ring (bicyclic) bond motifs is 1. The van der Waals surface area contributed by atoms with E-state index in [0.717, 1.165) is 29.4 Å². The molecule has 0 amide bonds. The summed E-state index contributed by atoms with van der Waals surface area (Å²) in [6, 6.07) is 10.1. The number of hydrogen-bond acceptors (Lipinski definition) is 3. The third-order valence-corrected chi connectivity index (χ3v) is 4.87. The van der Waals surface area contributed by atoms with Crippen LogP contribution in [0, 0.1) is 11.3 Å². The zero-order valence-electron chi connectivity index (χ0n) is 12.8. The molecule has 3 nitrogen and oxygen atoms in total. The summed E-state index contributed by atoms with van der Waals surface area (Å²) in [7, 11) is 0. The highest BCUT2D eigenvalue weighted by Crippen LogP contribution is 2.36. The lowest BCUT2D eigenvalue weighted by Crippen LogP contribution is -2.34. The summed E-state index contributed by atoms with van der Waals surface area (Å²) < 4.78 is 0. The van der Waals surface area contributed by atoms with E-state index in [1.807, 2.05) is 24.3 Å². The van der Waals surface area contributed by atoms with Gasteiger partial charge < -0.3 is 5.32 Å². The topological polar surface area (TPSA) is 48.7 Å². The molecule has 1 saturated carbocycles. The molecule has 1 N–H and O–H groups in total. The molecule has 0 bridgehead atoms. The fraction of sp³-hybridized carbons (Fsp3) is 0.444. The number of benzene rings is 1. The highest BCUT2D eigenvalue weighted by atomic mass is 35.5. The van der Waals surface area contributed by atoms with Crippen LogP contribution >= 0.6 is 11.6 Å². The Hall–Kier alpha value is -1.79. The lowest BCUT2D eigenvalue weighted by molar-refractivity contribution is 0.447. The largest absolute Gasteiger partial charge is 0.378 e. The highest BCUT2D eigenvalue weighted by Gasteiger charge is 2.27. The van der Waals surface area contributed by atoms with Gasteiger partial charge in [0.2, 0.25) is 0 Å². The molecule has 114 valence electrons. The molecular formula is C18H20ClN3. The van der Waals surface area contributed by atoms with E-state index < -0.39 is 0 Å². The Morgan fingerprint density at radius 2 is 1.86 bits per heavy atom. The molecule has 1 aliphatic rings. The minimum absolute atomic E-state index is 0.00948. The summed E-state index contributed by atoms with van der Waals surface area (Å²) >= 11 is 6.23. The van der Waals surface area contributed by atoms with Gasteiger partial charge in [0.05, 0.1) is 11.2 Å². The lowest BCUT2D eigenvalue weighted by Gasteiger charge is -2.32. The van der Waals surface area contributed by atoms with Gasteiger partial charge in [0, 0.05) is 10.9 Å². The molecular weight excluding hydrogens is 294 g/mol. The summed E-state index contributed by atoms with van der Waals surface area (Å²) in [5.74, 6) is 0. The normalized spacial score (nSPS) is 17.7. The molecule has 2 aromatic rings. The standard InChI is InChI=1S/C18H20ClN3/c1-18(10-6-2-3-7-11-18)22-16-13-8-4-5-9-15(13)21-17(19)14(16)12-20/h4-5,8-9H,2-3,6-7,10-11H2,1H3,(H,21,22). The van der Waals surface area contributed by atoms with Crippen molar-refractivity contribution in [3.05, 3.63) is 35.0 Å². The van der Waals surface area contributed by atoms with Crippen LogP contribution in [0.15, 0.2) is 24.3 Å². The van der Waals surface area contributed by atoms with Crippen LogP contribution < -0.4 is 5.32 Å². The molecule has 1 aromatic heterocycles. The Kier molecular flexibility index (Phi) is 4.22. The number of halogens is 1. The predicted molar refractivity (Wildman–Crippen MR) is 91.2 cm³/mol. The second-order valence-electron chi connectivity index (χ2n) is 6.38. The maximum atomic E-state index is 9.51. The van der Waals surface area contributed by atoms with Gasteiger partial charge in [0.15, 0.2) is 0 Å². The van der Waals surface area contributed by atoms with Crippen LogP contribution in [0.3, 0.4) is 0 Å². The van der Waals surface area contributed by atoms with Gasteiger partial charge in [-0.2, -0.15) is 5.26 Å². The third-order valence-electron chi connectivity index (χ3n) is 4.59. The first-order valence-electron chi connectivity index (χ1n) is 7.89. The molecule has 0 spiro atoms. The van der Waals surface area contributed by atoms with Crippen LogP contribution in [0.5, 0.6) is 0 Å². The van der Waals surface area contributed by atoms with Crippen molar-refractivity contribution in [2.75, 3.05) is 5.32 Å². The molecule has 0 atom stereocenters. The van der Waals surface area contributed by atoms with E-state index in [1.165, 1.54) is 25.7 Å². The Labute approximate surface area is 136 Å². The average Bonchev–Trinajstić information content (AvgIpc) is 2.72. The maximum absolute atomic E-state index is 9.51. The van der Waals surface area contributed by atoms with Crippen molar-refractivity contribution >= 4 is 28.2 Å². The molecule has 22 heavy (non-hydrogen) atoms. The van der Waals surface area contributed by atoms with Gasteiger partial charge in [0.25, 0.3) is 0 Å². The van der Waals surface area contributed by atoms with Crippen molar-refractivity contribution in [2.24, 2.45) is 0 Å². The van der Waals surface area contributed by atoms with Crippen molar-refractivity contribution in [1.82, 2.24) is 4.98 Å². The van der Waals surface area contributed by atoms with Gasteiger partial charge >= 0.3 is 0 Å². The van der Waals surface area contributed by atoms with Gasteiger partial charge in [-0.15, -0.1) is 0 Å². The van der Waals surface area contributed by atoms with Crippen LogP contribution in [0.1, 0.15) is 51.0 Å². The number of aromatic nitrogens is 1. The van der Waals surface area contributed by atoms with Crippen LogP contribution in [0.2, 0.25) is 5.15 Å². The first-order valence-corrected chi connectivity index (χ1v) is 8.27. The second kappa shape index (κ2) is 6.14. The van der Waals surface area contributed by atoms with E-state index in [9.17, 15) is 5.26 Å². The minimum atomic E-state index is 0.00948. The van der Waals surface area contributed by atoms with Crippen molar-refractivity contribution in [3.63, 3.8) is 0 Å². The van der Waals surface area contributed by atoms with Crippen molar-refractivity contribution in [2.45, 2.75) is 51.0 Å². The Morgan fingerprint density at radius 3 is 2.55 bits per heavy atom. The SMILES string of the molecule is CC1(Nc2c(C#N)c(Cl)nc3ccccc23)CCCCCC1. The molecule has 4 heteroatoms. The molecule has 0 saturated heterocycles. The van der Waals surface area contributed by atoms with E-state index >= 15 is 0 Å². The first-order chi connectivity index (χ1) is 10.6. The van der Waals surface area contributed by atoms with E-state index in [4.69, 9.17) is 11.6 Å². The summed E-state index contributed by atoms with van der Waals surface area (Å²) in [5.41, 5.74) is 2.12. The maximum Gasteiger partial charge on any atom is 0.149 e. The van der Waals surface area contributed by atoms with Crippen LogP contribution in [0.4, 0.5) is 5.69 Å². The Balaban J connectivity index is 2.10. The predicted octanol–water partition coefficient (Wildman–Crippen LogP) is 5.28. The van der Waals surface area contributed by atoms with E-state index in [0.29, 0.717) is 5.56 Å². The van der Waals surface area contributed by atoms with E-state index in [2.05, 4.69) is 23.3 Å². The number of pyridine rings is 1. The summed E-state index contributed by atoms with van der Waals surface area (Å²) in [6.45, 7) is 2.25. The summed E-state index contributed by atoms with van der Waals surface area (Å²) in [4.78, 5) is 4.34. The molecule has 1 aliphatic carbocycles. The molecule has 1 heterocycles. The van der Waals surface area contributed by atoms with Gasteiger partial charge in [0.1, 0.15) is 16.8 Å². The monoisotopic (exact) mass is 313 g/mol. The molecule has 0 radical (unpaired) electrons. The van der Waals surface area contributed by atoms with Crippen molar-refractivity contribution in [3.8, 4) is 6.07 Å². The van der Waals surface area contributed by atoms with Crippen molar-refractivity contribution < 1.29 is 0 Å². The van der Waals surface area contributed by atoms with Crippen molar-refractivity contribution in [1.29, 1.82) is 5.26 Å². The van der Waals surface area contributed by atoms with Gasteiger partial charge in [-0.05, 0) is 25.8 Å². The number of hydrogen-bond donors (Lipinski definition) is 1. The molecule has 1 fully saturated rings. The van der Waals surface area contributed by atoms with Crippen LogP contribution in [-0.4, -0.2) is 10.5 Å². The first kappa shape index (κ1) is 15.1. The number of anilines is 1. The van der Waals surface area contributed by atoms with E-state index in [-0.39, 0.29) is 10.7 Å². The lowest BCUT2D eigenvalue weighted by atomic mass is 9.91. The van der Waals surface area contributed by atoms with Crippen LogP contribution in [0.25, 0.3) is 10.9 Å². The number of nitrogens with zero attached hydrogens (tertiary/aromatic N) is 2. The molecule has 1 aromatic carbocycles. The zero-order valence-corrected chi connectivity index (χ0v) is 13.6. The fourth-order valence-electron chi connectivity index (χ4n) is 3.35. The zero-order chi connectivity index (χ0) is 15.6. The number of nitriles is 1. The Morgan fingerprint density at radius 1 is 1.18 bits per heavy atom. The van der Waals surface area contributed by atoms with Gasteiger partial charge in [-0.3, -0.25) is 0 Å². The van der Waals surface area contributed by atoms with Gasteiger partial charge in [-0.25, -0.2) is 4.98 Å². The Bertz CT molecular complexity index is 725. The number of nitrogens with one attached hydrogen (secondary N) is 1. The van der Waals surface area contributed by atoms with Crippen LogP contribution in [-0.2, 0) is 0 Å². The highest BCUT2D eigenvalue weighted by molar-refractivity contribution is 6.31. The summed E-state index contributed by atoms with van der Waals surface area (Å²) in [5, 5.41) is 14.4. The number of para-hydroxylation sites is 1. The van der Waals surface area contributed by atoms with Gasteiger partial charge in [-0.1, -0.05) is 55.5 Å². The number of rotatable bonds is 2. The molecule has 0 unspecified atom stereocenters. The average molecular weight is 314 g/mol. The molecule has 0 aliphatic heterocycles. The minimum Gasteiger partial charge on any atom is -0.378 e.